The van der Waals surface area contributed by atoms with E-state index in [9.17, 15) is 13.2 Å². The third-order valence-electron chi connectivity index (χ3n) is 4.84. The van der Waals surface area contributed by atoms with E-state index in [1.54, 1.807) is 6.07 Å². The van der Waals surface area contributed by atoms with Crippen LogP contribution in [0.25, 0.3) is 0 Å². The Bertz CT molecular complexity index is 1130. The van der Waals surface area contributed by atoms with Crippen molar-refractivity contribution in [2.75, 3.05) is 5.32 Å². The summed E-state index contributed by atoms with van der Waals surface area (Å²) in [6, 6.07) is 15.0. The Kier molecular flexibility index (Phi) is 5.27. The van der Waals surface area contributed by atoms with Crippen molar-refractivity contribution in [2.45, 2.75) is 34.8 Å². The van der Waals surface area contributed by atoms with Crippen molar-refractivity contribution in [1.82, 2.24) is 0 Å². The Morgan fingerprint density at radius 3 is 2.50 bits per heavy atom. The van der Waals surface area contributed by atoms with Gasteiger partial charge in [0.25, 0.3) is 5.91 Å². The molecule has 2 aromatic carbocycles. The number of benzene rings is 2. The van der Waals surface area contributed by atoms with E-state index in [1.165, 1.54) is 47.9 Å². The molecule has 0 saturated heterocycles. The smallest absolute Gasteiger partial charge is 0.265 e. The number of rotatable bonds is 4. The molecular weight excluding hydrogens is 414 g/mol. The summed E-state index contributed by atoms with van der Waals surface area (Å²) < 4.78 is 25.7. The molecule has 0 atom stereocenters. The molecule has 0 unspecified atom stereocenters. The number of halogens is 1. The molecule has 0 bridgehead atoms. The second-order valence-corrected chi connectivity index (χ2v) is 10.4. The minimum atomic E-state index is -3.68. The first-order valence-electron chi connectivity index (χ1n) is 8.98. The minimum Gasteiger partial charge on any atom is -0.321 e. The second-order valence-electron chi connectivity index (χ2n) is 6.68. The molecule has 0 saturated carbocycles. The van der Waals surface area contributed by atoms with Gasteiger partial charge in [-0.2, -0.15) is 0 Å². The normalized spacial score (nSPS) is 13.8. The van der Waals surface area contributed by atoms with Gasteiger partial charge in [0.05, 0.1) is 9.77 Å². The van der Waals surface area contributed by atoms with Gasteiger partial charge in [-0.25, -0.2) is 8.42 Å². The number of fused-ring (bicyclic) bond motifs is 1. The zero-order valence-electron chi connectivity index (χ0n) is 14.9. The first-order chi connectivity index (χ1) is 13.4. The summed E-state index contributed by atoms with van der Waals surface area (Å²) >= 11 is 6.81. The average Bonchev–Trinajstić information content (AvgIpc) is 3.20. The van der Waals surface area contributed by atoms with Gasteiger partial charge in [0.15, 0.2) is 0 Å². The van der Waals surface area contributed by atoms with Crippen molar-refractivity contribution in [2.24, 2.45) is 0 Å². The van der Waals surface area contributed by atoms with Gasteiger partial charge in [-0.3, -0.25) is 4.79 Å². The van der Waals surface area contributed by atoms with Crippen LogP contribution < -0.4 is 5.32 Å². The molecule has 4 rings (SSSR count). The van der Waals surface area contributed by atoms with E-state index in [0.29, 0.717) is 9.90 Å². The van der Waals surface area contributed by atoms with Gasteiger partial charge in [0.2, 0.25) is 9.84 Å². The Hall–Kier alpha value is -2.15. The highest BCUT2D eigenvalue weighted by molar-refractivity contribution is 7.93. The quantitative estimate of drug-likeness (QED) is 0.604. The fourth-order valence-electron chi connectivity index (χ4n) is 3.40. The van der Waals surface area contributed by atoms with Gasteiger partial charge < -0.3 is 5.32 Å². The SMILES string of the molecule is O=C(Nc1cccc2c1CCCC2)c1ccc(S(=O)(=O)c2ccc(Cl)cc2)s1. The van der Waals surface area contributed by atoms with Crippen LogP contribution >= 0.6 is 22.9 Å². The number of nitrogens with one attached hydrogen (secondary N) is 1. The second kappa shape index (κ2) is 7.70. The first-order valence-corrected chi connectivity index (χ1v) is 11.7. The van der Waals surface area contributed by atoms with E-state index in [2.05, 4.69) is 11.4 Å². The van der Waals surface area contributed by atoms with Crippen molar-refractivity contribution in [3.05, 3.63) is 75.6 Å². The zero-order valence-corrected chi connectivity index (χ0v) is 17.3. The number of hydrogen-bond donors (Lipinski definition) is 1. The lowest BCUT2D eigenvalue weighted by molar-refractivity contribution is 0.103. The van der Waals surface area contributed by atoms with Crippen LogP contribution in [0.15, 0.2) is 63.7 Å². The van der Waals surface area contributed by atoms with E-state index in [0.717, 1.165) is 36.3 Å². The van der Waals surface area contributed by atoms with Gasteiger partial charge in [-0.05, 0) is 79.3 Å². The summed E-state index contributed by atoms with van der Waals surface area (Å²) in [7, 11) is -3.68. The lowest BCUT2D eigenvalue weighted by Crippen LogP contribution is -2.14. The third-order valence-corrected chi connectivity index (χ3v) is 8.44. The van der Waals surface area contributed by atoms with Gasteiger partial charge in [0.1, 0.15) is 4.21 Å². The number of carbonyl (C=O) groups excluding carboxylic acids is 1. The summed E-state index contributed by atoms with van der Waals surface area (Å²) in [5.41, 5.74) is 3.28. The fourth-order valence-corrected chi connectivity index (χ4v) is 6.13. The highest BCUT2D eigenvalue weighted by Gasteiger charge is 2.22. The van der Waals surface area contributed by atoms with Gasteiger partial charge >= 0.3 is 0 Å². The molecule has 7 heteroatoms. The summed E-state index contributed by atoms with van der Waals surface area (Å²) in [6.07, 6.45) is 4.26. The van der Waals surface area contributed by atoms with E-state index in [-0.39, 0.29) is 15.0 Å². The zero-order chi connectivity index (χ0) is 19.7. The van der Waals surface area contributed by atoms with Crippen LogP contribution in [0.5, 0.6) is 0 Å². The van der Waals surface area contributed by atoms with Gasteiger partial charge in [-0.15, -0.1) is 11.3 Å². The van der Waals surface area contributed by atoms with Crippen LogP contribution in [0.1, 0.15) is 33.6 Å². The maximum absolute atomic E-state index is 12.8. The van der Waals surface area contributed by atoms with Crippen LogP contribution in [0.2, 0.25) is 5.02 Å². The van der Waals surface area contributed by atoms with E-state index < -0.39 is 9.84 Å². The predicted octanol–water partition coefficient (Wildman–Crippen LogP) is 5.37. The lowest BCUT2D eigenvalue weighted by atomic mass is 9.90. The number of hydrogen-bond acceptors (Lipinski definition) is 4. The molecule has 0 aliphatic heterocycles. The fraction of sp³-hybridized carbons (Fsp3) is 0.190. The van der Waals surface area contributed by atoms with Crippen molar-refractivity contribution in [3.8, 4) is 0 Å². The number of anilines is 1. The van der Waals surface area contributed by atoms with Crippen LogP contribution in [0, 0.1) is 0 Å². The molecule has 1 aromatic heterocycles. The monoisotopic (exact) mass is 431 g/mol. The number of amides is 1. The molecular formula is C21H18ClNO3S2. The van der Waals surface area contributed by atoms with Crippen LogP contribution in [0.3, 0.4) is 0 Å². The number of aryl methyl sites for hydroxylation is 1. The Labute approximate surface area is 173 Å². The summed E-state index contributed by atoms with van der Waals surface area (Å²) in [4.78, 5) is 13.2. The molecule has 1 heterocycles. The Morgan fingerprint density at radius 1 is 0.964 bits per heavy atom. The molecule has 0 spiro atoms. The number of thiophene rings is 1. The van der Waals surface area contributed by atoms with E-state index >= 15 is 0 Å². The molecule has 3 aromatic rings. The standard InChI is InChI=1S/C21H18ClNO3S2/c22-15-8-10-16(11-9-15)28(25,26)20-13-12-19(27-20)21(24)23-18-7-3-5-14-4-1-2-6-17(14)18/h3,5,7-13H,1-2,4,6H2,(H,23,24). The maximum atomic E-state index is 12.8. The van der Waals surface area contributed by atoms with Crippen molar-refractivity contribution < 1.29 is 13.2 Å². The molecule has 1 N–H and O–H groups in total. The van der Waals surface area contributed by atoms with Crippen LogP contribution in [-0.4, -0.2) is 14.3 Å². The molecule has 0 fully saturated rings. The van der Waals surface area contributed by atoms with Crippen molar-refractivity contribution in [3.63, 3.8) is 0 Å². The summed E-state index contributed by atoms with van der Waals surface area (Å²) in [5, 5.41) is 3.43. The predicted molar refractivity (Wildman–Crippen MR) is 112 cm³/mol. The van der Waals surface area contributed by atoms with Crippen LogP contribution in [-0.2, 0) is 22.7 Å². The molecule has 1 amide bonds. The molecule has 4 nitrogen and oxygen atoms in total. The van der Waals surface area contributed by atoms with Gasteiger partial charge in [-0.1, -0.05) is 23.7 Å². The molecule has 1 aliphatic rings. The molecule has 144 valence electrons. The van der Waals surface area contributed by atoms with E-state index in [1.807, 2.05) is 12.1 Å². The number of carbonyl (C=O) groups is 1. The lowest BCUT2D eigenvalue weighted by Gasteiger charge is -2.19. The van der Waals surface area contributed by atoms with Crippen LogP contribution in [0.4, 0.5) is 5.69 Å². The topological polar surface area (TPSA) is 63.2 Å². The summed E-state index contributed by atoms with van der Waals surface area (Å²) in [5.74, 6) is -0.290. The molecule has 28 heavy (non-hydrogen) atoms. The minimum absolute atomic E-state index is 0.134. The highest BCUT2D eigenvalue weighted by atomic mass is 35.5. The van der Waals surface area contributed by atoms with Crippen molar-refractivity contribution >= 4 is 44.4 Å². The Morgan fingerprint density at radius 2 is 1.71 bits per heavy atom. The molecule has 1 aliphatic carbocycles. The maximum Gasteiger partial charge on any atom is 0.265 e. The average molecular weight is 432 g/mol. The first kappa shape index (κ1) is 19.2. The largest absolute Gasteiger partial charge is 0.321 e. The highest BCUT2D eigenvalue weighted by Crippen LogP contribution is 2.31. The van der Waals surface area contributed by atoms with Gasteiger partial charge in [0, 0.05) is 10.7 Å². The third kappa shape index (κ3) is 3.72. The van der Waals surface area contributed by atoms with E-state index in [4.69, 9.17) is 11.6 Å². The Balaban J connectivity index is 1.58. The summed E-state index contributed by atoms with van der Waals surface area (Å²) in [6.45, 7) is 0. The van der Waals surface area contributed by atoms with Crippen molar-refractivity contribution in [1.29, 1.82) is 0 Å². The molecule has 0 radical (unpaired) electrons. The number of sulfone groups is 1.